The molecule has 0 aromatic heterocycles. The maximum Gasteiger partial charge on any atom is 0.411 e. The van der Waals surface area contributed by atoms with E-state index in [0.29, 0.717) is 19.5 Å². The third-order valence-electron chi connectivity index (χ3n) is 2.88. The second-order valence-corrected chi connectivity index (χ2v) is 5.67. The van der Waals surface area contributed by atoms with Gasteiger partial charge in [-0.3, -0.25) is 4.90 Å². The smallest absolute Gasteiger partial charge is 0.411 e. The van der Waals surface area contributed by atoms with E-state index < -0.39 is 23.7 Å². The Labute approximate surface area is 107 Å². The van der Waals surface area contributed by atoms with Crippen LogP contribution in [0.5, 0.6) is 0 Å². The van der Waals surface area contributed by atoms with Crippen LogP contribution < -0.4 is 5.73 Å². The first-order valence-corrected chi connectivity index (χ1v) is 6.17. The molecule has 0 radical (unpaired) electrons. The molecule has 1 heterocycles. The molecule has 6 nitrogen and oxygen atoms in total. The molecule has 3 N–H and O–H groups in total. The molecule has 0 spiro atoms. The SMILES string of the molecule is CC(C)(C)OC(=O)N1CC(CCN)C[C@@H]1C(=O)O. The molecule has 1 aliphatic rings. The van der Waals surface area contributed by atoms with Crippen molar-refractivity contribution in [2.24, 2.45) is 11.7 Å². The summed E-state index contributed by atoms with van der Waals surface area (Å²) in [5, 5.41) is 9.14. The molecule has 1 fully saturated rings. The van der Waals surface area contributed by atoms with Gasteiger partial charge in [-0.25, -0.2) is 9.59 Å². The molecule has 0 aromatic rings. The highest BCUT2D eigenvalue weighted by atomic mass is 16.6. The molecule has 1 amide bonds. The van der Waals surface area contributed by atoms with Crippen LogP contribution in [0.25, 0.3) is 0 Å². The van der Waals surface area contributed by atoms with E-state index in [4.69, 9.17) is 15.6 Å². The number of hydrogen-bond acceptors (Lipinski definition) is 4. The minimum absolute atomic E-state index is 0.142. The van der Waals surface area contributed by atoms with Gasteiger partial charge in [0.2, 0.25) is 0 Å². The van der Waals surface area contributed by atoms with Crippen molar-refractivity contribution in [3.05, 3.63) is 0 Å². The van der Waals surface area contributed by atoms with Crippen LogP contribution in [0.1, 0.15) is 33.6 Å². The van der Waals surface area contributed by atoms with Crippen molar-refractivity contribution in [3.63, 3.8) is 0 Å². The molecule has 1 rings (SSSR count). The van der Waals surface area contributed by atoms with E-state index in [1.54, 1.807) is 20.8 Å². The summed E-state index contributed by atoms with van der Waals surface area (Å²) in [5.41, 5.74) is 4.85. The highest BCUT2D eigenvalue weighted by molar-refractivity contribution is 5.80. The molecule has 1 saturated heterocycles. The van der Waals surface area contributed by atoms with Crippen molar-refractivity contribution >= 4 is 12.1 Å². The van der Waals surface area contributed by atoms with Gasteiger partial charge in [-0.05, 0) is 46.1 Å². The van der Waals surface area contributed by atoms with Crippen LogP contribution in [-0.4, -0.2) is 46.8 Å². The normalized spacial score (nSPS) is 24.1. The third-order valence-corrected chi connectivity index (χ3v) is 2.88. The Bertz CT molecular complexity index is 325. The van der Waals surface area contributed by atoms with E-state index in [0.717, 1.165) is 6.42 Å². The zero-order valence-corrected chi connectivity index (χ0v) is 11.2. The van der Waals surface area contributed by atoms with Crippen LogP contribution in [0.15, 0.2) is 0 Å². The highest BCUT2D eigenvalue weighted by Gasteiger charge is 2.41. The standard InChI is InChI=1S/C12H22N2O4/c1-12(2,3)18-11(17)14-7-8(4-5-13)6-9(14)10(15)16/h8-9H,4-7,13H2,1-3H3,(H,15,16)/t8?,9-/m1/s1. The summed E-state index contributed by atoms with van der Waals surface area (Å²) >= 11 is 0. The van der Waals surface area contributed by atoms with Crippen molar-refractivity contribution in [2.45, 2.75) is 45.3 Å². The molecule has 104 valence electrons. The quantitative estimate of drug-likeness (QED) is 0.789. The Morgan fingerprint density at radius 1 is 1.44 bits per heavy atom. The topological polar surface area (TPSA) is 92.9 Å². The number of carbonyl (C=O) groups is 2. The van der Waals surface area contributed by atoms with Gasteiger partial charge in [0.15, 0.2) is 0 Å². The molecular formula is C12H22N2O4. The maximum atomic E-state index is 11.9. The maximum absolute atomic E-state index is 11.9. The van der Waals surface area contributed by atoms with Crippen LogP contribution in [0.2, 0.25) is 0 Å². The lowest BCUT2D eigenvalue weighted by atomic mass is 10.0. The molecule has 0 bridgehead atoms. The van der Waals surface area contributed by atoms with Crippen molar-refractivity contribution in [1.82, 2.24) is 4.90 Å². The largest absolute Gasteiger partial charge is 0.480 e. The van der Waals surface area contributed by atoms with Crippen LogP contribution in [0, 0.1) is 5.92 Å². The molecule has 0 saturated carbocycles. The van der Waals surface area contributed by atoms with Crippen LogP contribution in [-0.2, 0) is 9.53 Å². The minimum atomic E-state index is -0.986. The number of ether oxygens (including phenoxy) is 1. The van der Waals surface area contributed by atoms with Crippen molar-refractivity contribution in [2.75, 3.05) is 13.1 Å². The Hall–Kier alpha value is -1.30. The number of likely N-dealkylation sites (tertiary alicyclic amines) is 1. The van der Waals surface area contributed by atoms with Crippen molar-refractivity contribution in [3.8, 4) is 0 Å². The Kier molecular flexibility index (Phi) is 4.56. The van der Waals surface area contributed by atoms with E-state index in [1.807, 2.05) is 0 Å². The van der Waals surface area contributed by atoms with Gasteiger partial charge in [0.1, 0.15) is 11.6 Å². The first-order valence-electron chi connectivity index (χ1n) is 6.17. The van der Waals surface area contributed by atoms with E-state index in [-0.39, 0.29) is 5.92 Å². The lowest BCUT2D eigenvalue weighted by molar-refractivity contribution is -0.142. The molecule has 18 heavy (non-hydrogen) atoms. The van der Waals surface area contributed by atoms with E-state index in [9.17, 15) is 9.59 Å². The molecule has 6 heteroatoms. The third kappa shape index (κ3) is 3.87. The predicted octanol–water partition coefficient (Wildman–Crippen LogP) is 1.05. The number of amides is 1. The number of hydrogen-bond donors (Lipinski definition) is 2. The predicted molar refractivity (Wildman–Crippen MR) is 66.1 cm³/mol. The number of carboxylic acids is 1. The van der Waals surface area contributed by atoms with E-state index in [2.05, 4.69) is 0 Å². The van der Waals surface area contributed by atoms with Crippen LogP contribution in [0.4, 0.5) is 4.79 Å². The first-order chi connectivity index (χ1) is 8.24. The molecule has 0 aliphatic carbocycles. The summed E-state index contributed by atoms with van der Waals surface area (Å²) in [7, 11) is 0. The van der Waals surface area contributed by atoms with Gasteiger partial charge in [0, 0.05) is 6.54 Å². The van der Waals surface area contributed by atoms with Gasteiger partial charge in [0.05, 0.1) is 0 Å². The number of nitrogens with two attached hydrogens (primary N) is 1. The number of carbonyl (C=O) groups excluding carboxylic acids is 1. The zero-order chi connectivity index (χ0) is 13.9. The molecule has 2 atom stereocenters. The summed E-state index contributed by atoms with van der Waals surface area (Å²) in [6.45, 7) is 6.18. The average molecular weight is 258 g/mol. The van der Waals surface area contributed by atoms with Crippen LogP contribution >= 0.6 is 0 Å². The van der Waals surface area contributed by atoms with Gasteiger partial charge < -0.3 is 15.6 Å². The fourth-order valence-electron chi connectivity index (χ4n) is 2.12. The Morgan fingerprint density at radius 3 is 2.50 bits per heavy atom. The summed E-state index contributed by atoms with van der Waals surface area (Å²) in [6.07, 6.45) is 0.615. The number of carboxylic acid groups (broad SMARTS) is 1. The van der Waals surface area contributed by atoms with Gasteiger partial charge in [0.25, 0.3) is 0 Å². The number of aliphatic carboxylic acids is 1. The monoisotopic (exact) mass is 258 g/mol. The van der Waals surface area contributed by atoms with Crippen LogP contribution in [0.3, 0.4) is 0 Å². The summed E-state index contributed by atoms with van der Waals surface area (Å²) in [4.78, 5) is 24.4. The second-order valence-electron chi connectivity index (χ2n) is 5.67. The lowest BCUT2D eigenvalue weighted by Gasteiger charge is -2.26. The Balaban J connectivity index is 2.72. The fourth-order valence-corrected chi connectivity index (χ4v) is 2.12. The summed E-state index contributed by atoms with van der Waals surface area (Å²) in [5.74, 6) is -0.844. The zero-order valence-electron chi connectivity index (χ0n) is 11.2. The number of nitrogens with zero attached hydrogens (tertiary/aromatic N) is 1. The molecule has 1 unspecified atom stereocenters. The van der Waals surface area contributed by atoms with E-state index in [1.165, 1.54) is 4.90 Å². The highest BCUT2D eigenvalue weighted by Crippen LogP contribution is 2.27. The van der Waals surface area contributed by atoms with E-state index >= 15 is 0 Å². The van der Waals surface area contributed by atoms with Crippen molar-refractivity contribution < 1.29 is 19.4 Å². The van der Waals surface area contributed by atoms with Gasteiger partial charge in [-0.2, -0.15) is 0 Å². The lowest BCUT2D eigenvalue weighted by Crippen LogP contribution is -2.43. The second kappa shape index (κ2) is 5.56. The molecule has 1 aliphatic heterocycles. The van der Waals surface area contributed by atoms with Crippen molar-refractivity contribution in [1.29, 1.82) is 0 Å². The molecule has 0 aromatic carbocycles. The van der Waals surface area contributed by atoms with Gasteiger partial charge in [-0.15, -0.1) is 0 Å². The van der Waals surface area contributed by atoms with Gasteiger partial charge in [-0.1, -0.05) is 0 Å². The molecular weight excluding hydrogens is 236 g/mol. The van der Waals surface area contributed by atoms with Gasteiger partial charge >= 0.3 is 12.1 Å². The number of rotatable bonds is 3. The Morgan fingerprint density at radius 2 is 2.06 bits per heavy atom. The fraction of sp³-hybridized carbons (Fsp3) is 0.833. The summed E-state index contributed by atoms with van der Waals surface area (Å²) in [6, 6.07) is -0.795. The first kappa shape index (κ1) is 14.8. The average Bonchev–Trinajstić information content (AvgIpc) is 2.59. The summed E-state index contributed by atoms with van der Waals surface area (Å²) < 4.78 is 5.22. The minimum Gasteiger partial charge on any atom is -0.480 e.